The van der Waals surface area contributed by atoms with Gasteiger partial charge >= 0.3 is 0 Å². The second kappa shape index (κ2) is 6.72. The fourth-order valence-electron chi connectivity index (χ4n) is 2.69. The van der Waals surface area contributed by atoms with Crippen molar-refractivity contribution < 1.29 is 13.9 Å². The van der Waals surface area contributed by atoms with Crippen LogP contribution < -0.4 is 0 Å². The Kier molecular flexibility index (Phi) is 4.68. The van der Waals surface area contributed by atoms with E-state index in [1.54, 1.807) is 4.90 Å². The first-order valence-corrected chi connectivity index (χ1v) is 8.03. The monoisotopic (exact) mass is 334 g/mol. The minimum Gasteiger partial charge on any atom is -0.447 e. The van der Waals surface area contributed by atoms with Gasteiger partial charge in [-0.3, -0.25) is 4.79 Å². The highest BCUT2D eigenvalue weighted by atomic mass is 35.5. The first-order chi connectivity index (χ1) is 11.1. The maximum Gasteiger partial charge on any atom is 0.276 e. The van der Waals surface area contributed by atoms with E-state index >= 15 is 0 Å². The molecule has 2 aromatic rings. The van der Waals surface area contributed by atoms with Crippen LogP contribution in [0.15, 0.2) is 35.1 Å². The number of oxazole rings is 1. The summed E-state index contributed by atoms with van der Waals surface area (Å²) in [4.78, 5) is 18.6. The van der Waals surface area contributed by atoms with Crippen LogP contribution in [-0.2, 0) is 4.74 Å². The second-order valence-electron chi connectivity index (χ2n) is 5.88. The summed E-state index contributed by atoms with van der Waals surface area (Å²) in [5, 5.41) is 0.682. The predicted octanol–water partition coefficient (Wildman–Crippen LogP) is 3.67. The van der Waals surface area contributed by atoms with Crippen LogP contribution in [0.25, 0.3) is 0 Å². The van der Waals surface area contributed by atoms with E-state index in [1.807, 2.05) is 38.1 Å². The Balaban J connectivity index is 1.76. The van der Waals surface area contributed by atoms with Crippen LogP contribution in [0.5, 0.6) is 0 Å². The van der Waals surface area contributed by atoms with Crippen molar-refractivity contribution in [3.63, 3.8) is 0 Å². The third-order valence-corrected chi connectivity index (χ3v) is 4.17. The normalized spacial score (nSPS) is 18.4. The summed E-state index contributed by atoms with van der Waals surface area (Å²) in [6.45, 7) is 5.49. The van der Waals surface area contributed by atoms with Crippen molar-refractivity contribution in [3.8, 4) is 0 Å². The Hall–Kier alpha value is -1.85. The molecule has 23 heavy (non-hydrogen) atoms. The van der Waals surface area contributed by atoms with Gasteiger partial charge in [0.25, 0.3) is 5.91 Å². The number of carbonyl (C=O) groups is 1. The summed E-state index contributed by atoms with van der Waals surface area (Å²) in [5.41, 5.74) is 1.41. The molecule has 1 fully saturated rings. The predicted molar refractivity (Wildman–Crippen MR) is 86.6 cm³/mol. The van der Waals surface area contributed by atoms with Crippen LogP contribution in [-0.4, -0.2) is 35.5 Å². The van der Waals surface area contributed by atoms with Crippen LogP contribution in [0.4, 0.5) is 0 Å². The molecule has 0 spiro atoms. The SMILES string of the molecule is CC(C)c1ocnc1C(=O)N1CCOC(c2ccc(Cl)cc2)C1. The van der Waals surface area contributed by atoms with Crippen LogP contribution in [0.3, 0.4) is 0 Å². The van der Waals surface area contributed by atoms with E-state index in [0.717, 1.165) is 5.56 Å². The van der Waals surface area contributed by atoms with E-state index in [-0.39, 0.29) is 17.9 Å². The van der Waals surface area contributed by atoms with Crippen LogP contribution >= 0.6 is 11.6 Å². The highest BCUT2D eigenvalue weighted by molar-refractivity contribution is 6.30. The Morgan fingerprint density at radius 3 is 2.78 bits per heavy atom. The molecule has 1 amide bonds. The zero-order valence-electron chi connectivity index (χ0n) is 13.2. The fourth-order valence-corrected chi connectivity index (χ4v) is 2.81. The van der Waals surface area contributed by atoms with Crippen molar-refractivity contribution in [3.05, 3.63) is 52.7 Å². The lowest BCUT2D eigenvalue weighted by Gasteiger charge is -2.33. The van der Waals surface area contributed by atoms with Gasteiger partial charge in [-0.15, -0.1) is 0 Å². The second-order valence-corrected chi connectivity index (χ2v) is 6.32. The molecule has 0 N–H and O–H groups in total. The summed E-state index contributed by atoms with van der Waals surface area (Å²) < 4.78 is 11.2. The van der Waals surface area contributed by atoms with E-state index in [0.29, 0.717) is 36.2 Å². The first-order valence-electron chi connectivity index (χ1n) is 7.66. The summed E-state index contributed by atoms with van der Waals surface area (Å²) in [6.07, 6.45) is 1.18. The van der Waals surface area contributed by atoms with E-state index in [2.05, 4.69) is 4.98 Å². The topological polar surface area (TPSA) is 55.6 Å². The molecular formula is C17H19ClN2O3. The fraction of sp³-hybridized carbons (Fsp3) is 0.412. The zero-order chi connectivity index (χ0) is 16.4. The number of benzene rings is 1. The number of morpholine rings is 1. The zero-order valence-corrected chi connectivity index (χ0v) is 13.9. The molecule has 3 rings (SSSR count). The number of amides is 1. The lowest BCUT2D eigenvalue weighted by atomic mass is 10.1. The lowest BCUT2D eigenvalue weighted by Crippen LogP contribution is -2.42. The maximum atomic E-state index is 12.7. The van der Waals surface area contributed by atoms with E-state index in [9.17, 15) is 4.79 Å². The molecule has 1 aromatic carbocycles. The number of hydrogen-bond donors (Lipinski definition) is 0. The number of aromatic nitrogens is 1. The van der Waals surface area contributed by atoms with Gasteiger partial charge in [-0.1, -0.05) is 37.6 Å². The van der Waals surface area contributed by atoms with Crippen molar-refractivity contribution in [1.29, 1.82) is 0 Å². The molecule has 6 heteroatoms. The molecule has 0 bridgehead atoms. The van der Waals surface area contributed by atoms with Gasteiger partial charge in [-0.05, 0) is 17.7 Å². The van der Waals surface area contributed by atoms with E-state index in [4.69, 9.17) is 20.8 Å². The maximum absolute atomic E-state index is 12.7. The third-order valence-electron chi connectivity index (χ3n) is 3.92. The Morgan fingerprint density at radius 1 is 1.35 bits per heavy atom. The van der Waals surface area contributed by atoms with Gasteiger partial charge in [0.05, 0.1) is 13.2 Å². The van der Waals surface area contributed by atoms with Crippen molar-refractivity contribution in [2.75, 3.05) is 19.7 Å². The highest BCUT2D eigenvalue weighted by Gasteiger charge is 2.29. The van der Waals surface area contributed by atoms with E-state index in [1.165, 1.54) is 6.39 Å². The molecule has 5 nitrogen and oxygen atoms in total. The molecule has 1 atom stereocenters. The van der Waals surface area contributed by atoms with Crippen LogP contribution in [0.2, 0.25) is 5.02 Å². The van der Waals surface area contributed by atoms with Gasteiger partial charge in [-0.25, -0.2) is 4.98 Å². The molecule has 1 aliphatic heterocycles. The van der Waals surface area contributed by atoms with Crippen molar-refractivity contribution >= 4 is 17.5 Å². The van der Waals surface area contributed by atoms with Crippen molar-refractivity contribution in [2.45, 2.75) is 25.9 Å². The quantitative estimate of drug-likeness (QED) is 0.859. The van der Waals surface area contributed by atoms with Gasteiger partial charge in [0.1, 0.15) is 11.9 Å². The number of carbonyl (C=O) groups excluding carboxylic acids is 1. The largest absolute Gasteiger partial charge is 0.447 e. The Labute approximate surface area is 140 Å². The number of hydrogen-bond acceptors (Lipinski definition) is 4. The van der Waals surface area contributed by atoms with Gasteiger partial charge in [-0.2, -0.15) is 0 Å². The first kappa shape index (κ1) is 16.0. The summed E-state index contributed by atoms with van der Waals surface area (Å²) in [6, 6.07) is 7.51. The summed E-state index contributed by atoms with van der Waals surface area (Å²) in [7, 11) is 0. The molecule has 1 saturated heterocycles. The highest BCUT2D eigenvalue weighted by Crippen LogP contribution is 2.26. The molecule has 0 radical (unpaired) electrons. The molecule has 1 aromatic heterocycles. The number of rotatable bonds is 3. The Bertz CT molecular complexity index is 681. The molecular weight excluding hydrogens is 316 g/mol. The van der Waals surface area contributed by atoms with Crippen molar-refractivity contribution in [2.24, 2.45) is 0 Å². The average molecular weight is 335 g/mol. The van der Waals surface area contributed by atoms with Gasteiger partial charge in [0.15, 0.2) is 12.1 Å². The molecule has 2 heterocycles. The van der Waals surface area contributed by atoms with E-state index < -0.39 is 0 Å². The number of halogens is 1. The number of nitrogens with zero attached hydrogens (tertiary/aromatic N) is 2. The third kappa shape index (κ3) is 3.41. The summed E-state index contributed by atoms with van der Waals surface area (Å²) in [5.74, 6) is 0.638. The van der Waals surface area contributed by atoms with Crippen LogP contribution in [0.1, 0.15) is 47.7 Å². The van der Waals surface area contributed by atoms with Gasteiger partial charge in [0.2, 0.25) is 0 Å². The smallest absolute Gasteiger partial charge is 0.276 e. The Morgan fingerprint density at radius 2 is 2.09 bits per heavy atom. The molecule has 0 saturated carbocycles. The van der Waals surface area contributed by atoms with Crippen LogP contribution in [0, 0.1) is 0 Å². The lowest BCUT2D eigenvalue weighted by molar-refractivity contribution is -0.0230. The van der Waals surface area contributed by atoms with Gasteiger partial charge < -0.3 is 14.1 Å². The molecule has 0 aliphatic carbocycles. The molecule has 1 unspecified atom stereocenters. The minimum atomic E-state index is -0.153. The molecule has 1 aliphatic rings. The molecule has 122 valence electrons. The summed E-state index contributed by atoms with van der Waals surface area (Å²) >= 11 is 5.92. The average Bonchev–Trinajstić information content (AvgIpc) is 3.05. The minimum absolute atomic E-state index is 0.107. The number of ether oxygens (including phenoxy) is 1. The van der Waals surface area contributed by atoms with Crippen molar-refractivity contribution in [1.82, 2.24) is 9.88 Å². The standard InChI is InChI=1S/C17H19ClN2O3/c1-11(2)16-15(19-10-23-16)17(21)20-7-8-22-14(9-20)12-3-5-13(18)6-4-12/h3-6,10-11,14H,7-9H2,1-2H3. The van der Waals surface area contributed by atoms with Gasteiger partial charge in [0, 0.05) is 17.5 Å².